The van der Waals surface area contributed by atoms with Crippen molar-refractivity contribution in [2.75, 3.05) is 28.3 Å². The molecule has 1 atom stereocenters. The van der Waals surface area contributed by atoms with Crippen molar-refractivity contribution < 1.29 is 9.47 Å². The molecule has 10 heteroatoms. The number of hydrogen-bond donors (Lipinski definition) is 1. The molecule has 2 aromatic heterocycles. The number of methoxy groups -OCH3 is 2. The van der Waals surface area contributed by atoms with Crippen LogP contribution in [-0.2, 0) is 12.3 Å². The van der Waals surface area contributed by atoms with Crippen molar-refractivity contribution in [2.45, 2.75) is 56.6 Å². The summed E-state index contributed by atoms with van der Waals surface area (Å²) < 4.78 is 12.9. The van der Waals surface area contributed by atoms with Gasteiger partial charge in [-0.1, -0.05) is 32.0 Å². The zero-order valence-electron chi connectivity index (χ0n) is 19.6. The van der Waals surface area contributed by atoms with Gasteiger partial charge >= 0.3 is 0 Å². The fraction of sp³-hybridized carbons (Fsp3) is 0.545. The molecule has 0 amide bonds. The van der Waals surface area contributed by atoms with Gasteiger partial charge in [-0.2, -0.15) is 0 Å². The normalized spacial score (nSPS) is 12.5. The summed E-state index contributed by atoms with van der Waals surface area (Å²) in [5.74, 6) is 3.06. The maximum atomic E-state index is 12.7. The zero-order chi connectivity index (χ0) is 23.3. The topological polar surface area (TPSA) is 98.2 Å². The Bertz CT molecular complexity index is 1110. The molecule has 2 heterocycles. The quantitative estimate of drug-likeness (QED) is 0.433. The third-order valence-corrected chi connectivity index (χ3v) is 6.36. The second-order valence-corrected chi connectivity index (χ2v) is 8.70. The second-order valence-electron chi connectivity index (χ2n) is 7.76. The van der Waals surface area contributed by atoms with Gasteiger partial charge in [-0.25, -0.2) is 4.98 Å². The predicted molar refractivity (Wildman–Crippen MR) is 127 cm³/mol. The fourth-order valence-corrected chi connectivity index (χ4v) is 4.52. The first kappa shape index (κ1) is 24.1. The molecule has 0 spiro atoms. The van der Waals surface area contributed by atoms with Crippen LogP contribution in [0.25, 0.3) is 10.9 Å². The maximum absolute atomic E-state index is 12.7. The fourth-order valence-electron chi connectivity index (χ4n) is 3.67. The number of unbranched alkanes of at least 4 members (excludes halogenated alkanes) is 1. The lowest BCUT2D eigenvalue weighted by Crippen LogP contribution is -2.23. The highest BCUT2D eigenvalue weighted by Gasteiger charge is 2.22. The van der Waals surface area contributed by atoms with Crippen LogP contribution in [0.3, 0.4) is 0 Å². The van der Waals surface area contributed by atoms with Crippen molar-refractivity contribution in [1.82, 2.24) is 29.6 Å². The number of fused-ring (bicyclic) bond motifs is 1. The summed E-state index contributed by atoms with van der Waals surface area (Å²) >= 11 is 1.53. The van der Waals surface area contributed by atoms with Gasteiger partial charge in [-0.05, 0) is 33.0 Å². The van der Waals surface area contributed by atoms with Crippen LogP contribution in [0, 0.1) is 0 Å². The van der Waals surface area contributed by atoms with E-state index in [1.807, 2.05) is 0 Å². The van der Waals surface area contributed by atoms with Crippen LogP contribution in [0.15, 0.2) is 22.1 Å². The van der Waals surface area contributed by atoms with Gasteiger partial charge in [0, 0.05) is 12.6 Å². The Kier molecular flexibility index (Phi) is 8.14. The van der Waals surface area contributed by atoms with Crippen molar-refractivity contribution in [3.05, 3.63) is 34.1 Å². The number of rotatable bonds is 11. The second kappa shape index (κ2) is 10.8. The Labute approximate surface area is 192 Å². The minimum Gasteiger partial charge on any atom is -0.493 e. The molecule has 0 saturated carbocycles. The Morgan fingerprint density at radius 2 is 1.88 bits per heavy atom. The van der Waals surface area contributed by atoms with Crippen molar-refractivity contribution >= 4 is 22.7 Å². The van der Waals surface area contributed by atoms with E-state index in [0.29, 0.717) is 34.0 Å². The van der Waals surface area contributed by atoms with E-state index >= 15 is 0 Å². The first-order valence-corrected chi connectivity index (χ1v) is 11.8. The van der Waals surface area contributed by atoms with Crippen LogP contribution in [0.2, 0.25) is 0 Å². The van der Waals surface area contributed by atoms with Gasteiger partial charge in [0.2, 0.25) is 0 Å². The average Bonchev–Trinajstić information content (AvgIpc) is 3.17. The summed E-state index contributed by atoms with van der Waals surface area (Å²) in [4.78, 5) is 22.3. The Morgan fingerprint density at radius 3 is 2.50 bits per heavy atom. The molecule has 1 aromatic carbocycles. The molecule has 0 unspecified atom stereocenters. The Hall–Kier alpha value is -2.59. The Morgan fingerprint density at radius 1 is 1.16 bits per heavy atom. The van der Waals surface area contributed by atoms with E-state index in [0.717, 1.165) is 36.8 Å². The van der Waals surface area contributed by atoms with Crippen LogP contribution in [0.1, 0.15) is 50.8 Å². The van der Waals surface area contributed by atoms with Crippen molar-refractivity contribution in [1.29, 1.82) is 0 Å². The van der Waals surface area contributed by atoms with Crippen LogP contribution in [0.5, 0.6) is 11.5 Å². The van der Waals surface area contributed by atoms with Crippen molar-refractivity contribution in [2.24, 2.45) is 0 Å². The van der Waals surface area contributed by atoms with E-state index in [9.17, 15) is 4.79 Å². The highest BCUT2D eigenvalue weighted by Crippen LogP contribution is 2.31. The van der Waals surface area contributed by atoms with Crippen LogP contribution >= 0.6 is 11.8 Å². The molecule has 0 radical (unpaired) electrons. The minimum atomic E-state index is -0.210. The number of ether oxygens (including phenoxy) is 2. The number of hydrogen-bond acceptors (Lipinski definition) is 8. The minimum absolute atomic E-state index is 0.203. The predicted octanol–water partition coefficient (Wildman–Crippen LogP) is 3.64. The van der Waals surface area contributed by atoms with Gasteiger partial charge in [0.05, 0.1) is 36.9 Å². The lowest BCUT2D eigenvalue weighted by Gasteiger charge is -2.23. The van der Waals surface area contributed by atoms with E-state index in [2.05, 4.69) is 57.6 Å². The molecule has 3 aromatic rings. The smallest absolute Gasteiger partial charge is 0.258 e. The number of nitrogens with zero attached hydrogens (tertiary/aromatic N) is 5. The largest absolute Gasteiger partial charge is 0.493 e. The number of thioether (sulfide) groups is 1. The van der Waals surface area contributed by atoms with E-state index in [1.54, 1.807) is 26.4 Å². The van der Waals surface area contributed by atoms with Crippen LogP contribution in [0.4, 0.5) is 0 Å². The monoisotopic (exact) mass is 460 g/mol. The SMILES string of the molecule is CCCCn1c(SCc2nc3cc(OC)c(OC)cc3c(=O)[nH]2)nnc1[C@@H](CC)N(C)C. The number of aromatic amines is 1. The number of H-pyrrole nitrogens is 1. The summed E-state index contributed by atoms with van der Waals surface area (Å²) in [6.45, 7) is 5.20. The summed E-state index contributed by atoms with van der Waals surface area (Å²) in [6.07, 6.45) is 3.09. The molecular weight excluding hydrogens is 428 g/mol. The van der Waals surface area contributed by atoms with Crippen molar-refractivity contribution in [3.63, 3.8) is 0 Å². The summed E-state index contributed by atoms with van der Waals surface area (Å²) in [5, 5.41) is 10.3. The highest BCUT2D eigenvalue weighted by molar-refractivity contribution is 7.98. The third-order valence-electron chi connectivity index (χ3n) is 5.39. The molecule has 0 aliphatic rings. The molecule has 0 aliphatic carbocycles. The molecule has 0 fully saturated rings. The lowest BCUT2D eigenvalue weighted by molar-refractivity contribution is 0.270. The molecule has 1 N–H and O–H groups in total. The zero-order valence-corrected chi connectivity index (χ0v) is 20.5. The first-order chi connectivity index (χ1) is 15.4. The van der Waals surface area contributed by atoms with Gasteiger partial charge in [-0.15, -0.1) is 10.2 Å². The third kappa shape index (κ3) is 5.07. The number of aromatic nitrogens is 5. The molecular formula is C22H32N6O3S. The molecule has 0 aliphatic heterocycles. The first-order valence-electron chi connectivity index (χ1n) is 10.8. The molecule has 9 nitrogen and oxygen atoms in total. The molecule has 0 bridgehead atoms. The van der Waals surface area contributed by atoms with Gasteiger partial charge in [0.1, 0.15) is 5.82 Å². The Balaban J connectivity index is 1.90. The van der Waals surface area contributed by atoms with E-state index in [-0.39, 0.29) is 11.6 Å². The van der Waals surface area contributed by atoms with Crippen LogP contribution in [-0.4, -0.2) is 57.9 Å². The summed E-state index contributed by atoms with van der Waals surface area (Å²) in [5.41, 5.74) is 0.354. The van der Waals surface area contributed by atoms with Gasteiger partial charge < -0.3 is 19.0 Å². The van der Waals surface area contributed by atoms with Gasteiger partial charge in [-0.3, -0.25) is 9.69 Å². The lowest BCUT2D eigenvalue weighted by atomic mass is 10.2. The average molecular weight is 461 g/mol. The highest BCUT2D eigenvalue weighted by atomic mass is 32.2. The number of benzene rings is 1. The van der Waals surface area contributed by atoms with E-state index in [4.69, 9.17) is 9.47 Å². The molecule has 0 saturated heterocycles. The maximum Gasteiger partial charge on any atom is 0.258 e. The van der Waals surface area contributed by atoms with Crippen molar-refractivity contribution in [3.8, 4) is 11.5 Å². The number of nitrogens with one attached hydrogen (secondary N) is 1. The molecule has 174 valence electrons. The van der Waals surface area contributed by atoms with Gasteiger partial charge in [0.25, 0.3) is 5.56 Å². The van der Waals surface area contributed by atoms with Crippen LogP contribution < -0.4 is 15.0 Å². The van der Waals surface area contributed by atoms with E-state index in [1.165, 1.54) is 11.8 Å². The summed E-state index contributed by atoms with van der Waals surface area (Å²) in [6, 6.07) is 3.58. The summed E-state index contributed by atoms with van der Waals surface area (Å²) in [7, 11) is 7.23. The van der Waals surface area contributed by atoms with E-state index < -0.39 is 0 Å². The molecule has 32 heavy (non-hydrogen) atoms. The molecule has 3 rings (SSSR count). The standard InChI is InChI=1S/C22H32N6O3S/c1-7-9-10-28-20(16(8-2)27(3)4)25-26-22(28)32-13-19-23-15-12-18(31-6)17(30-5)11-14(15)21(29)24-19/h11-12,16H,7-10,13H2,1-6H3,(H,23,24,29)/t16-/m1/s1. The van der Waals surface area contributed by atoms with Gasteiger partial charge in [0.15, 0.2) is 22.5 Å².